The van der Waals surface area contributed by atoms with Gasteiger partial charge in [0.25, 0.3) is 0 Å². The van der Waals surface area contributed by atoms with Crippen molar-refractivity contribution in [2.45, 2.75) is 25.9 Å². The van der Waals surface area contributed by atoms with Gasteiger partial charge < -0.3 is 14.5 Å². The van der Waals surface area contributed by atoms with Crippen molar-refractivity contribution in [1.29, 1.82) is 0 Å². The molecule has 0 N–H and O–H groups in total. The van der Waals surface area contributed by atoms with Gasteiger partial charge in [-0.15, -0.1) is 0 Å². The lowest BCUT2D eigenvalue weighted by Crippen LogP contribution is -2.37. The van der Waals surface area contributed by atoms with Crippen LogP contribution in [0.3, 0.4) is 0 Å². The highest BCUT2D eigenvalue weighted by Gasteiger charge is 2.26. The van der Waals surface area contributed by atoms with Crippen molar-refractivity contribution in [3.63, 3.8) is 0 Å². The summed E-state index contributed by atoms with van der Waals surface area (Å²) < 4.78 is 5.36. The summed E-state index contributed by atoms with van der Waals surface area (Å²) in [7, 11) is 0. The predicted octanol–water partition coefficient (Wildman–Crippen LogP) is 1.82. The van der Waals surface area contributed by atoms with E-state index in [1.165, 1.54) is 0 Å². The first-order chi connectivity index (χ1) is 13.2. The Morgan fingerprint density at radius 3 is 2.59 bits per heavy atom. The van der Waals surface area contributed by atoms with Crippen LogP contribution in [0.5, 0.6) is 0 Å². The third kappa shape index (κ3) is 3.98. The number of hydrogen-bond acceptors (Lipinski definition) is 6. The highest BCUT2D eigenvalue weighted by Crippen LogP contribution is 2.23. The summed E-state index contributed by atoms with van der Waals surface area (Å²) in [5.41, 5.74) is 2.53. The lowest BCUT2D eigenvalue weighted by molar-refractivity contribution is -0.131. The van der Waals surface area contributed by atoms with Gasteiger partial charge in [0.1, 0.15) is 0 Å². The van der Waals surface area contributed by atoms with Gasteiger partial charge in [0.2, 0.25) is 11.9 Å². The molecule has 0 unspecified atom stereocenters. The maximum atomic E-state index is 12.5. The molecule has 0 saturated carbocycles. The number of benzene rings is 1. The number of amides is 1. The average Bonchev–Trinajstić information content (AvgIpc) is 3.16. The van der Waals surface area contributed by atoms with Crippen LogP contribution in [0.2, 0.25) is 0 Å². The SMILES string of the molecule is O=C(CCC(=O)N1Cc2cnc(N3CCOCC3)nc2C1)c1ccccc1. The van der Waals surface area contributed by atoms with E-state index in [0.717, 1.165) is 24.3 Å². The first-order valence-corrected chi connectivity index (χ1v) is 9.24. The molecule has 1 amide bonds. The summed E-state index contributed by atoms with van der Waals surface area (Å²) >= 11 is 0. The molecule has 4 rings (SSSR count). The van der Waals surface area contributed by atoms with Crippen LogP contribution in [0.25, 0.3) is 0 Å². The summed E-state index contributed by atoms with van der Waals surface area (Å²) in [4.78, 5) is 37.7. The normalized spacial score (nSPS) is 16.3. The molecule has 0 bridgehead atoms. The molecule has 1 aromatic heterocycles. The van der Waals surface area contributed by atoms with Crippen molar-refractivity contribution < 1.29 is 14.3 Å². The molecule has 1 fully saturated rings. The Labute approximate surface area is 158 Å². The minimum atomic E-state index is -0.0230. The topological polar surface area (TPSA) is 75.6 Å². The molecule has 2 aliphatic heterocycles. The Morgan fingerprint density at radius 1 is 1.04 bits per heavy atom. The van der Waals surface area contributed by atoms with Crippen LogP contribution in [0.1, 0.15) is 34.5 Å². The van der Waals surface area contributed by atoms with E-state index in [4.69, 9.17) is 4.74 Å². The van der Waals surface area contributed by atoms with Gasteiger partial charge in [-0.2, -0.15) is 0 Å². The summed E-state index contributed by atoms with van der Waals surface area (Å²) in [6.45, 7) is 3.91. The molecule has 3 heterocycles. The average molecular weight is 366 g/mol. The van der Waals surface area contributed by atoms with E-state index in [1.54, 1.807) is 17.0 Å². The molecule has 7 nitrogen and oxygen atoms in total. The number of carbonyl (C=O) groups is 2. The largest absolute Gasteiger partial charge is 0.378 e. The van der Waals surface area contributed by atoms with Crippen molar-refractivity contribution in [3.05, 3.63) is 53.3 Å². The number of hydrogen-bond donors (Lipinski definition) is 0. The van der Waals surface area contributed by atoms with Crippen molar-refractivity contribution in [2.75, 3.05) is 31.2 Å². The minimum Gasteiger partial charge on any atom is -0.378 e. The number of nitrogens with zero attached hydrogens (tertiary/aromatic N) is 4. The van der Waals surface area contributed by atoms with Gasteiger partial charge in [0, 0.05) is 49.8 Å². The van der Waals surface area contributed by atoms with Crippen molar-refractivity contribution >= 4 is 17.6 Å². The number of Topliss-reactive ketones (excluding diaryl/α,β-unsaturated/α-hetero) is 1. The Morgan fingerprint density at radius 2 is 1.81 bits per heavy atom. The number of anilines is 1. The third-order valence-electron chi connectivity index (χ3n) is 4.95. The zero-order chi connectivity index (χ0) is 18.6. The highest BCUT2D eigenvalue weighted by molar-refractivity contribution is 5.97. The van der Waals surface area contributed by atoms with E-state index < -0.39 is 0 Å². The second kappa shape index (κ2) is 7.84. The smallest absolute Gasteiger partial charge is 0.225 e. The monoisotopic (exact) mass is 366 g/mol. The summed E-state index contributed by atoms with van der Waals surface area (Å²) in [6, 6.07) is 9.09. The molecule has 2 aliphatic rings. The highest BCUT2D eigenvalue weighted by atomic mass is 16.5. The van der Waals surface area contributed by atoms with Crippen LogP contribution in [0.15, 0.2) is 36.5 Å². The standard InChI is InChI=1S/C20H22N4O3/c25-18(15-4-2-1-3-5-15)6-7-19(26)24-13-16-12-21-20(22-17(16)14-24)23-8-10-27-11-9-23/h1-5,12H,6-11,13-14H2. The van der Waals surface area contributed by atoms with Crippen molar-refractivity contribution in [3.8, 4) is 0 Å². The zero-order valence-corrected chi connectivity index (χ0v) is 15.1. The molecule has 140 valence electrons. The van der Waals surface area contributed by atoms with Gasteiger partial charge in [-0.3, -0.25) is 9.59 Å². The van der Waals surface area contributed by atoms with Crippen LogP contribution < -0.4 is 4.90 Å². The molecule has 1 saturated heterocycles. The van der Waals surface area contributed by atoms with Crippen LogP contribution >= 0.6 is 0 Å². The fraction of sp³-hybridized carbons (Fsp3) is 0.400. The zero-order valence-electron chi connectivity index (χ0n) is 15.1. The maximum Gasteiger partial charge on any atom is 0.225 e. The molecule has 7 heteroatoms. The first kappa shape index (κ1) is 17.6. The fourth-order valence-electron chi connectivity index (χ4n) is 3.38. The Balaban J connectivity index is 1.35. The third-order valence-corrected chi connectivity index (χ3v) is 4.95. The van der Waals surface area contributed by atoms with Crippen LogP contribution in [0.4, 0.5) is 5.95 Å². The van der Waals surface area contributed by atoms with Crippen molar-refractivity contribution in [1.82, 2.24) is 14.9 Å². The van der Waals surface area contributed by atoms with Crippen molar-refractivity contribution in [2.24, 2.45) is 0 Å². The molecule has 27 heavy (non-hydrogen) atoms. The van der Waals surface area contributed by atoms with Gasteiger partial charge >= 0.3 is 0 Å². The van der Waals surface area contributed by atoms with Crippen LogP contribution in [-0.4, -0.2) is 52.9 Å². The lowest BCUT2D eigenvalue weighted by Gasteiger charge is -2.26. The summed E-state index contributed by atoms with van der Waals surface area (Å²) in [6.07, 6.45) is 2.25. The Bertz CT molecular complexity index is 834. The molecule has 1 aromatic carbocycles. The Hall–Kier alpha value is -2.80. The molecule has 0 aliphatic carbocycles. The summed E-state index contributed by atoms with van der Waals surface area (Å²) in [5, 5.41) is 0. The van der Waals surface area contributed by atoms with Crippen LogP contribution in [-0.2, 0) is 22.6 Å². The number of ether oxygens (including phenoxy) is 1. The number of aromatic nitrogens is 2. The van der Waals surface area contributed by atoms with E-state index in [9.17, 15) is 9.59 Å². The molecule has 0 spiro atoms. The molecular formula is C20H22N4O3. The number of ketones is 1. The molecular weight excluding hydrogens is 344 g/mol. The van der Waals surface area contributed by atoms with Gasteiger partial charge in [-0.25, -0.2) is 9.97 Å². The minimum absolute atomic E-state index is 0.00458. The van der Waals surface area contributed by atoms with Crippen LogP contribution in [0, 0.1) is 0 Å². The van der Waals surface area contributed by atoms with Gasteiger partial charge in [0.15, 0.2) is 5.78 Å². The number of morpholine rings is 1. The number of rotatable bonds is 5. The van der Waals surface area contributed by atoms with E-state index in [1.807, 2.05) is 24.4 Å². The van der Waals surface area contributed by atoms with Gasteiger partial charge in [-0.05, 0) is 0 Å². The van der Waals surface area contributed by atoms with E-state index in [2.05, 4.69) is 14.9 Å². The number of carbonyl (C=O) groups excluding carboxylic acids is 2. The lowest BCUT2D eigenvalue weighted by atomic mass is 10.1. The second-order valence-electron chi connectivity index (χ2n) is 6.78. The first-order valence-electron chi connectivity index (χ1n) is 9.24. The quantitative estimate of drug-likeness (QED) is 0.752. The molecule has 0 atom stereocenters. The van der Waals surface area contributed by atoms with Gasteiger partial charge in [0.05, 0.1) is 25.5 Å². The van der Waals surface area contributed by atoms with E-state index in [-0.39, 0.29) is 24.5 Å². The molecule has 2 aromatic rings. The second-order valence-corrected chi connectivity index (χ2v) is 6.78. The number of fused-ring (bicyclic) bond motifs is 1. The summed E-state index contributed by atoms with van der Waals surface area (Å²) in [5.74, 6) is 0.672. The predicted molar refractivity (Wildman–Crippen MR) is 99.3 cm³/mol. The Kier molecular flexibility index (Phi) is 5.11. The fourth-order valence-corrected chi connectivity index (χ4v) is 3.38. The van der Waals surface area contributed by atoms with Gasteiger partial charge in [-0.1, -0.05) is 30.3 Å². The van der Waals surface area contributed by atoms with E-state index >= 15 is 0 Å². The maximum absolute atomic E-state index is 12.5. The van der Waals surface area contributed by atoms with E-state index in [0.29, 0.717) is 37.8 Å². The molecule has 0 radical (unpaired) electrons.